The average Bonchev–Trinajstić information content (AvgIpc) is 3.12. The standard InChI is InChI=1S/C26H34N4O7/c31-29(32)24-8-4-22(5-9-24)12-18-36-26(27-16-20-35-21-17-27)14-2-1-3-15-28(26)37-19-13-23-6-10-25(11-7-23)30(33)34/h4-11H,1-3,12-21H2. The molecular formula is C26H34N4O7. The highest BCUT2D eigenvalue weighted by Gasteiger charge is 2.45. The zero-order valence-electron chi connectivity index (χ0n) is 21.0. The van der Waals surface area contributed by atoms with Crippen LogP contribution in [0.3, 0.4) is 0 Å². The van der Waals surface area contributed by atoms with E-state index in [-0.39, 0.29) is 11.4 Å². The van der Waals surface area contributed by atoms with Crippen molar-refractivity contribution in [1.29, 1.82) is 0 Å². The van der Waals surface area contributed by atoms with Crippen LogP contribution < -0.4 is 0 Å². The summed E-state index contributed by atoms with van der Waals surface area (Å²) < 4.78 is 12.3. The highest BCUT2D eigenvalue weighted by Crippen LogP contribution is 2.34. The molecule has 37 heavy (non-hydrogen) atoms. The molecule has 0 N–H and O–H groups in total. The van der Waals surface area contributed by atoms with Crippen molar-refractivity contribution in [3.05, 3.63) is 79.9 Å². The smallest absolute Gasteiger partial charge is 0.269 e. The molecule has 0 aromatic heterocycles. The van der Waals surface area contributed by atoms with E-state index in [1.54, 1.807) is 24.3 Å². The predicted molar refractivity (Wildman–Crippen MR) is 136 cm³/mol. The first-order chi connectivity index (χ1) is 18.0. The SMILES string of the molecule is O=[N+]([O-])c1ccc(CCON2CCCCCC2(OCCc2ccc([N+](=O)[O-])cc2)N2CCOCC2)cc1. The topological polar surface area (TPSA) is 120 Å². The summed E-state index contributed by atoms with van der Waals surface area (Å²) in [4.78, 5) is 29.8. The van der Waals surface area contributed by atoms with Gasteiger partial charge in [-0.2, -0.15) is 0 Å². The Morgan fingerprint density at radius 3 is 1.92 bits per heavy atom. The maximum atomic E-state index is 11.0. The maximum absolute atomic E-state index is 11.0. The van der Waals surface area contributed by atoms with E-state index in [2.05, 4.69) is 4.90 Å². The van der Waals surface area contributed by atoms with Crippen LogP contribution in [0.5, 0.6) is 0 Å². The second kappa shape index (κ2) is 13.0. The molecule has 2 heterocycles. The second-order valence-corrected chi connectivity index (χ2v) is 9.28. The zero-order chi connectivity index (χ0) is 26.1. The van der Waals surface area contributed by atoms with Crippen molar-refractivity contribution in [2.24, 2.45) is 0 Å². The Morgan fingerprint density at radius 2 is 1.35 bits per heavy atom. The Morgan fingerprint density at radius 1 is 0.784 bits per heavy atom. The summed E-state index contributed by atoms with van der Waals surface area (Å²) in [6.07, 6.45) is 5.13. The van der Waals surface area contributed by atoms with Gasteiger partial charge in [-0.05, 0) is 36.8 Å². The average molecular weight is 515 g/mol. The van der Waals surface area contributed by atoms with Gasteiger partial charge in [-0.3, -0.25) is 30.0 Å². The molecule has 2 fully saturated rings. The fourth-order valence-corrected chi connectivity index (χ4v) is 4.89. The molecule has 2 saturated heterocycles. The van der Waals surface area contributed by atoms with E-state index < -0.39 is 15.7 Å². The summed E-state index contributed by atoms with van der Waals surface area (Å²) >= 11 is 0. The Bertz CT molecular complexity index is 1030. The molecule has 2 aromatic carbocycles. The van der Waals surface area contributed by atoms with Gasteiger partial charge in [-0.15, -0.1) is 5.06 Å². The Balaban J connectivity index is 1.44. The van der Waals surface area contributed by atoms with Gasteiger partial charge in [0.25, 0.3) is 11.4 Å². The lowest BCUT2D eigenvalue weighted by Crippen LogP contribution is -2.64. The van der Waals surface area contributed by atoms with Crippen LogP contribution in [0.15, 0.2) is 48.5 Å². The molecule has 0 aliphatic carbocycles. The van der Waals surface area contributed by atoms with Gasteiger partial charge < -0.3 is 9.47 Å². The number of rotatable bonds is 11. The normalized spacial score (nSPS) is 21.4. The van der Waals surface area contributed by atoms with Gasteiger partial charge in [0, 0.05) is 50.3 Å². The van der Waals surface area contributed by atoms with Crippen LogP contribution in [0.4, 0.5) is 11.4 Å². The number of nitrogens with zero attached hydrogens (tertiary/aromatic N) is 4. The van der Waals surface area contributed by atoms with Gasteiger partial charge in [0.15, 0.2) is 0 Å². The summed E-state index contributed by atoms with van der Waals surface area (Å²) in [7, 11) is 0. The minimum atomic E-state index is -0.726. The van der Waals surface area contributed by atoms with Gasteiger partial charge in [0.05, 0.1) is 36.3 Å². The van der Waals surface area contributed by atoms with Crippen LogP contribution in [-0.4, -0.2) is 71.7 Å². The van der Waals surface area contributed by atoms with E-state index in [0.29, 0.717) is 39.3 Å². The first-order valence-electron chi connectivity index (χ1n) is 12.8. The summed E-state index contributed by atoms with van der Waals surface area (Å²) in [5.74, 6) is -0.726. The minimum Gasteiger partial charge on any atom is -0.379 e. The van der Waals surface area contributed by atoms with E-state index in [1.165, 1.54) is 24.3 Å². The first-order valence-corrected chi connectivity index (χ1v) is 12.8. The molecule has 4 rings (SSSR count). The van der Waals surface area contributed by atoms with E-state index in [4.69, 9.17) is 14.3 Å². The van der Waals surface area contributed by atoms with Crippen molar-refractivity contribution in [2.75, 3.05) is 46.1 Å². The lowest BCUT2D eigenvalue weighted by Gasteiger charge is -2.49. The van der Waals surface area contributed by atoms with Crippen LogP contribution in [0.1, 0.15) is 36.8 Å². The maximum Gasteiger partial charge on any atom is 0.269 e. The largest absolute Gasteiger partial charge is 0.379 e. The number of hydrogen-bond acceptors (Lipinski definition) is 9. The monoisotopic (exact) mass is 514 g/mol. The molecule has 2 aliphatic heterocycles. The predicted octanol–water partition coefficient (Wildman–Crippen LogP) is 4.10. The van der Waals surface area contributed by atoms with Crippen molar-refractivity contribution in [3.8, 4) is 0 Å². The fourth-order valence-electron chi connectivity index (χ4n) is 4.89. The van der Waals surface area contributed by atoms with Crippen LogP contribution in [-0.2, 0) is 27.2 Å². The minimum absolute atomic E-state index is 0.0740. The molecule has 0 spiro atoms. The van der Waals surface area contributed by atoms with Crippen molar-refractivity contribution in [1.82, 2.24) is 9.96 Å². The number of ether oxygens (including phenoxy) is 2. The lowest BCUT2D eigenvalue weighted by atomic mass is 10.1. The Hall–Kier alpha value is -2.96. The molecular weight excluding hydrogens is 480 g/mol. The number of nitro benzene ring substituents is 2. The van der Waals surface area contributed by atoms with E-state index in [9.17, 15) is 20.2 Å². The van der Waals surface area contributed by atoms with Gasteiger partial charge in [0.2, 0.25) is 5.85 Å². The number of nitro groups is 2. The Kier molecular flexibility index (Phi) is 9.53. The quantitative estimate of drug-likeness (QED) is 0.322. The fraction of sp³-hybridized carbons (Fsp3) is 0.538. The van der Waals surface area contributed by atoms with Crippen molar-refractivity contribution in [2.45, 2.75) is 44.4 Å². The second-order valence-electron chi connectivity index (χ2n) is 9.28. The molecule has 2 aliphatic rings. The molecule has 2 aromatic rings. The summed E-state index contributed by atoms with van der Waals surface area (Å²) in [6, 6.07) is 13.1. The number of non-ortho nitro benzene ring substituents is 2. The number of hydrogen-bond donors (Lipinski definition) is 0. The molecule has 0 amide bonds. The van der Waals surface area contributed by atoms with Gasteiger partial charge in [-0.25, -0.2) is 0 Å². The molecule has 0 radical (unpaired) electrons. The van der Waals surface area contributed by atoms with E-state index >= 15 is 0 Å². The summed E-state index contributed by atoms with van der Waals surface area (Å²) in [5.41, 5.74) is 2.09. The number of benzene rings is 2. The van der Waals surface area contributed by atoms with E-state index in [1.807, 2.05) is 5.06 Å². The third-order valence-corrected chi connectivity index (χ3v) is 6.91. The molecule has 1 atom stereocenters. The molecule has 11 nitrogen and oxygen atoms in total. The molecule has 0 bridgehead atoms. The summed E-state index contributed by atoms with van der Waals surface area (Å²) in [6.45, 7) is 4.33. The van der Waals surface area contributed by atoms with Crippen LogP contribution >= 0.6 is 0 Å². The van der Waals surface area contributed by atoms with Crippen molar-refractivity contribution < 1.29 is 24.2 Å². The molecule has 11 heteroatoms. The highest BCUT2D eigenvalue weighted by molar-refractivity contribution is 5.33. The third-order valence-electron chi connectivity index (χ3n) is 6.91. The lowest BCUT2D eigenvalue weighted by molar-refractivity contribution is -0.385. The van der Waals surface area contributed by atoms with Crippen molar-refractivity contribution >= 4 is 11.4 Å². The van der Waals surface area contributed by atoms with Gasteiger partial charge >= 0.3 is 0 Å². The Labute approximate surface area is 216 Å². The molecule has 1 unspecified atom stereocenters. The zero-order valence-corrected chi connectivity index (χ0v) is 21.0. The molecule has 0 saturated carbocycles. The number of morpholine rings is 1. The molecule has 200 valence electrons. The summed E-state index contributed by atoms with van der Waals surface area (Å²) in [5, 5.41) is 23.9. The highest BCUT2D eigenvalue weighted by atomic mass is 16.7. The van der Waals surface area contributed by atoms with Crippen LogP contribution in [0, 0.1) is 20.2 Å². The third kappa shape index (κ3) is 7.08. The van der Waals surface area contributed by atoms with Crippen LogP contribution in [0.2, 0.25) is 0 Å². The first kappa shape index (κ1) is 27.1. The van der Waals surface area contributed by atoms with Gasteiger partial charge in [-0.1, -0.05) is 30.7 Å². The number of hydroxylamine groups is 2. The van der Waals surface area contributed by atoms with Crippen LogP contribution in [0.25, 0.3) is 0 Å². The van der Waals surface area contributed by atoms with Gasteiger partial charge in [0.1, 0.15) is 0 Å². The van der Waals surface area contributed by atoms with Crippen molar-refractivity contribution in [3.63, 3.8) is 0 Å². The van der Waals surface area contributed by atoms with E-state index in [0.717, 1.165) is 56.4 Å².